The lowest BCUT2D eigenvalue weighted by Gasteiger charge is -2.37. The number of hydrogen-bond donors (Lipinski definition) is 2. The first-order valence-corrected chi connectivity index (χ1v) is 13.1. The van der Waals surface area contributed by atoms with E-state index in [2.05, 4.69) is 24.5 Å². The first kappa shape index (κ1) is 28.7. The molecule has 1 saturated carbocycles. The molecule has 3 amide bonds. The van der Waals surface area contributed by atoms with Gasteiger partial charge >= 0.3 is 6.09 Å². The van der Waals surface area contributed by atoms with Gasteiger partial charge in [0.2, 0.25) is 11.8 Å². The molecule has 0 aliphatic heterocycles. The van der Waals surface area contributed by atoms with Crippen LogP contribution in [0, 0.1) is 5.92 Å². The Morgan fingerprint density at radius 3 is 2.20 bits per heavy atom. The van der Waals surface area contributed by atoms with Crippen LogP contribution in [0.2, 0.25) is 0 Å². The van der Waals surface area contributed by atoms with Crippen LogP contribution < -0.4 is 10.6 Å². The molecule has 2 atom stereocenters. The van der Waals surface area contributed by atoms with Crippen LogP contribution in [0.5, 0.6) is 0 Å². The summed E-state index contributed by atoms with van der Waals surface area (Å²) in [6.07, 6.45) is 6.37. The number of amides is 3. The fourth-order valence-corrected chi connectivity index (χ4v) is 4.51. The number of ether oxygens (including phenoxy) is 1. The van der Waals surface area contributed by atoms with E-state index in [0.29, 0.717) is 5.92 Å². The molecule has 0 saturated heterocycles. The predicted octanol–water partition coefficient (Wildman–Crippen LogP) is 5.35. The predicted molar refractivity (Wildman–Crippen MR) is 139 cm³/mol. The highest BCUT2D eigenvalue weighted by atomic mass is 16.6. The average Bonchev–Trinajstić information content (AvgIpc) is 2.79. The molecule has 0 heterocycles. The third-order valence-electron chi connectivity index (χ3n) is 6.30. The van der Waals surface area contributed by atoms with Crippen molar-refractivity contribution in [1.82, 2.24) is 15.5 Å². The minimum Gasteiger partial charge on any atom is -0.444 e. The van der Waals surface area contributed by atoms with Crippen LogP contribution in [0.15, 0.2) is 30.3 Å². The molecule has 1 fully saturated rings. The second kappa shape index (κ2) is 13.5. The van der Waals surface area contributed by atoms with E-state index in [0.717, 1.165) is 44.1 Å². The highest BCUT2D eigenvalue weighted by molar-refractivity contribution is 5.90. The maximum Gasteiger partial charge on any atom is 0.408 e. The molecule has 0 spiro atoms. The van der Waals surface area contributed by atoms with Gasteiger partial charge in [0.05, 0.1) is 0 Å². The van der Waals surface area contributed by atoms with Crippen molar-refractivity contribution in [1.29, 1.82) is 0 Å². The number of carbonyl (C=O) groups is 3. The van der Waals surface area contributed by atoms with Crippen molar-refractivity contribution in [2.24, 2.45) is 5.92 Å². The molecule has 2 rings (SSSR count). The number of alkyl carbamates (subject to hydrolysis) is 1. The third-order valence-corrected chi connectivity index (χ3v) is 6.30. The summed E-state index contributed by atoms with van der Waals surface area (Å²) in [5.74, 6) is 0.00501. The van der Waals surface area contributed by atoms with Crippen LogP contribution in [0.25, 0.3) is 0 Å². The Bertz CT molecular complexity index is 813. The smallest absolute Gasteiger partial charge is 0.408 e. The van der Waals surface area contributed by atoms with Gasteiger partial charge < -0.3 is 20.3 Å². The summed E-state index contributed by atoms with van der Waals surface area (Å²) in [6, 6.07) is 8.63. The van der Waals surface area contributed by atoms with Gasteiger partial charge in [0.15, 0.2) is 0 Å². The van der Waals surface area contributed by atoms with Crippen molar-refractivity contribution in [2.75, 3.05) is 6.54 Å². The van der Waals surface area contributed by atoms with Crippen molar-refractivity contribution in [3.63, 3.8) is 0 Å². The van der Waals surface area contributed by atoms with Crippen LogP contribution in [0.1, 0.15) is 98.1 Å². The highest BCUT2D eigenvalue weighted by Crippen LogP contribution is 2.27. The Hall–Kier alpha value is -2.57. The first-order chi connectivity index (χ1) is 16.5. The molecule has 7 nitrogen and oxygen atoms in total. The van der Waals surface area contributed by atoms with Gasteiger partial charge in [-0.3, -0.25) is 9.59 Å². The van der Waals surface area contributed by atoms with E-state index in [9.17, 15) is 14.4 Å². The van der Waals surface area contributed by atoms with Crippen LogP contribution >= 0.6 is 0 Å². The summed E-state index contributed by atoms with van der Waals surface area (Å²) in [5.41, 5.74) is 0.104. The van der Waals surface area contributed by atoms with Gasteiger partial charge in [-0.05, 0) is 64.9 Å². The molecule has 7 heteroatoms. The van der Waals surface area contributed by atoms with E-state index in [4.69, 9.17) is 4.74 Å². The van der Waals surface area contributed by atoms with E-state index >= 15 is 0 Å². The molecule has 0 aromatic heterocycles. The summed E-state index contributed by atoms with van der Waals surface area (Å²) in [5, 5.41) is 5.81. The lowest BCUT2D eigenvalue weighted by molar-refractivity contribution is -0.143. The van der Waals surface area contributed by atoms with Gasteiger partial charge in [-0.25, -0.2) is 4.79 Å². The van der Waals surface area contributed by atoms with E-state index in [1.807, 2.05) is 37.3 Å². The van der Waals surface area contributed by atoms with Gasteiger partial charge in [-0.15, -0.1) is 0 Å². The molecule has 0 bridgehead atoms. The normalized spacial score (nSPS) is 16.3. The molecular formula is C28H45N3O4. The summed E-state index contributed by atoms with van der Waals surface area (Å²) < 4.78 is 5.30. The van der Waals surface area contributed by atoms with E-state index < -0.39 is 17.7 Å². The summed E-state index contributed by atoms with van der Waals surface area (Å²) >= 11 is 0. The highest BCUT2D eigenvalue weighted by Gasteiger charge is 2.35. The molecule has 2 unspecified atom stereocenters. The third kappa shape index (κ3) is 9.90. The van der Waals surface area contributed by atoms with E-state index in [1.165, 1.54) is 6.42 Å². The molecule has 1 aromatic rings. The molecule has 196 valence electrons. The van der Waals surface area contributed by atoms with Gasteiger partial charge in [-0.2, -0.15) is 0 Å². The lowest BCUT2D eigenvalue weighted by Crippen LogP contribution is -2.52. The number of hydrogen-bond acceptors (Lipinski definition) is 4. The van der Waals surface area contributed by atoms with E-state index in [-0.39, 0.29) is 30.4 Å². The van der Waals surface area contributed by atoms with Crippen LogP contribution in [0.3, 0.4) is 0 Å². The SMILES string of the molecule is CC(C)CCC(C)N(C(=O)CNC(=O)OC(C)(C)C)C(C(=O)NC1CCCCC1)c1ccccc1. The first-order valence-electron chi connectivity index (χ1n) is 13.1. The largest absolute Gasteiger partial charge is 0.444 e. The molecule has 1 aliphatic carbocycles. The molecule has 35 heavy (non-hydrogen) atoms. The van der Waals surface area contributed by atoms with Gasteiger partial charge in [0.1, 0.15) is 18.2 Å². The van der Waals surface area contributed by atoms with Crippen molar-refractivity contribution < 1.29 is 19.1 Å². The van der Waals surface area contributed by atoms with Gasteiger partial charge in [0, 0.05) is 12.1 Å². The van der Waals surface area contributed by atoms with Crippen LogP contribution in [0.4, 0.5) is 4.79 Å². The van der Waals surface area contributed by atoms with Crippen molar-refractivity contribution in [3.8, 4) is 0 Å². The lowest BCUT2D eigenvalue weighted by atomic mass is 9.94. The standard InChI is InChI=1S/C28H45N3O4/c1-20(2)17-18-21(3)31(24(32)19-29-27(34)35-28(4,5)6)25(22-13-9-7-10-14-22)26(33)30-23-15-11-8-12-16-23/h7,9-10,13-14,20-21,23,25H,8,11-12,15-19H2,1-6H3,(H,29,34)(H,30,33). The fourth-order valence-electron chi connectivity index (χ4n) is 4.51. The second-order valence-electron chi connectivity index (χ2n) is 11.1. The number of benzene rings is 1. The van der Waals surface area contributed by atoms with Crippen molar-refractivity contribution in [3.05, 3.63) is 35.9 Å². The zero-order chi connectivity index (χ0) is 26.0. The minimum absolute atomic E-state index is 0.130. The molecular weight excluding hydrogens is 442 g/mol. The van der Waals surface area contributed by atoms with Crippen LogP contribution in [-0.2, 0) is 14.3 Å². The monoisotopic (exact) mass is 487 g/mol. The number of nitrogens with zero attached hydrogens (tertiary/aromatic N) is 1. The minimum atomic E-state index is -0.770. The molecule has 1 aromatic carbocycles. The Labute approximate surface area is 211 Å². The molecule has 1 aliphatic rings. The zero-order valence-electron chi connectivity index (χ0n) is 22.4. The topological polar surface area (TPSA) is 87.7 Å². The zero-order valence-corrected chi connectivity index (χ0v) is 22.4. The average molecular weight is 488 g/mol. The summed E-state index contributed by atoms with van der Waals surface area (Å²) in [4.78, 5) is 41.2. The number of carbonyl (C=O) groups excluding carboxylic acids is 3. The summed E-state index contributed by atoms with van der Waals surface area (Å²) in [6.45, 7) is 11.4. The Morgan fingerprint density at radius 1 is 1.00 bits per heavy atom. The van der Waals surface area contributed by atoms with E-state index in [1.54, 1.807) is 25.7 Å². The number of rotatable bonds is 10. The quantitative estimate of drug-likeness (QED) is 0.465. The fraction of sp³-hybridized carbons (Fsp3) is 0.679. The van der Waals surface area contributed by atoms with Gasteiger partial charge in [0.25, 0.3) is 0 Å². The second-order valence-corrected chi connectivity index (χ2v) is 11.1. The maximum atomic E-state index is 13.7. The molecule has 0 radical (unpaired) electrons. The molecule has 2 N–H and O–H groups in total. The Morgan fingerprint density at radius 2 is 1.63 bits per heavy atom. The van der Waals surface area contributed by atoms with Gasteiger partial charge in [-0.1, -0.05) is 63.4 Å². The summed E-state index contributed by atoms with van der Waals surface area (Å²) in [7, 11) is 0. The van der Waals surface area contributed by atoms with Crippen molar-refractivity contribution in [2.45, 2.75) is 110 Å². The van der Waals surface area contributed by atoms with Crippen molar-refractivity contribution >= 4 is 17.9 Å². The Kier molecular flexibility index (Phi) is 11.1. The maximum absolute atomic E-state index is 13.7. The van der Waals surface area contributed by atoms with Crippen LogP contribution in [-0.4, -0.2) is 47.0 Å². The number of nitrogens with one attached hydrogen (secondary N) is 2. The Balaban J connectivity index is 2.31.